The normalized spacial score (nSPS) is 35.8. The number of nitrogens with zero attached hydrogens (tertiary/aromatic N) is 2. The van der Waals surface area contributed by atoms with Gasteiger partial charge in [0.2, 0.25) is 0 Å². The molecule has 0 N–H and O–H groups in total. The third-order valence-corrected chi connectivity index (χ3v) is 3.08. The second kappa shape index (κ2) is 3.17. The molecule has 0 spiro atoms. The molecule has 2 rings (SSSR count). The van der Waals surface area contributed by atoms with E-state index in [0.29, 0.717) is 12.6 Å². The topological polar surface area (TPSA) is 6.48 Å². The smallest absolute Gasteiger partial charge is 0.261 e. The van der Waals surface area contributed by atoms with Crippen LogP contribution in [0.25, 0.3) is 0 Å². The maximum Gasteiger partial charge on any atom is 0.261 e. The molecule has 2 heterocycles. The Morgan fingerprint density at radius 3 is 2.54 bits per heavy atom. The van der Waals surface area contributed by atoms with Crippen LogP contribution in [0.5, 0.6) is 0 Å². The van der Waals surface area contributed by atoms with E-state index in [2.05, 4.69) is 4.90 Å². The fraction of sp³-hybridized carbons (Fsp3) is 1.00. The minimum Gasteiger partial charge on any atom is -0.305 e. The minimum absolute atomic E-state index is 0.0223. The monoisotopic (exact) mass is 190 g/mol. The average Bonchev–Trinajstić information content (AvgIpc) is 2.56. The van der Waals surface area contributed by atoms with E-state index < -0.39 is 5.92 Å². The lowest BCUT2D eigenvalue weighted by atomic mass is 10.2. The van der Waals surface area contributed by atoms with Crippen molar-refractivity contribution in [2.45, 2.75) is 24.8 Å². The number of hydrogen-bond donors (Lipinski definition) is 0. The molecular weight excluding hydrogens is 174 g/mol. The first-order valence-electron chi connectivity index (χ1n) is 4.87. The Morgan fingerprint density at radius 2 is 2.08 bits per heavy atom. The molecule has 13 heavy (non-hydrogen) atoms. The highest BCUT2D eigenvalue weighted by Crippen LogP contribution is 2.30. The summed E-state index contributed by atoms with van der Waals surface area (Å²) in [4.78, 5) is 4.16. The van der Waals surface area contributed by atoms with Crippen molar-refractivity contribution in [2.75, 3.05) is 33.2 Å². The fourth-order valence-corrected chi connectivity index (χ4v) is 2.28. The summed E-state index contributed by atoms with van der Waals surface area (Å²) in [5.74, 6) is -2.43. The average molecular weight is 190 g/mol. The Kier molecular flexibility index (Phi) is 2.28. The molecule has 1 atom stereocenters. The van der Waals surface area contributed by atoms with Crippen LogP contribution in [0.15, 0.2) is 0 Å². The van der Waals surface area contributed by atoms with E-state index in [-0.39, 0.29) is 13.0 Å². The lowest BCUT2D eigenvalue weighted by Gasteiger charge is -2.22. The minimum atomic E-state index is -2.43. The van der Waals surface area contributed by atoms with Crippen molar-refractivity contribution in [1.82, 2.24) is 9.80 Å². The summed E-state index contributed by atoms with van der Waals surface area (Å²) in [7, 11) is 2.05. The highest BCUT2D eigenvalue weighted by Gasteiger charge is 2.41. The number of halogens is 2. The van der Waals surface area contributed by atoms with E-state index in [4.69, 9.17) is 0 Å². The fourth-order valence-electron chi connectivity index (χ4n) is 2.28. The first-order valence-corrected chi connectivity index (χ1v) is 4.87. The number of likely N-dealkylation sites (N-methyl/N-ethyl adjacent to an activating group) is 1. The molecule has 0 aromatic carbocycles. The van der Waals surface area contributed by atoms with Gasteiger partial charge in [-0.1, -0.05) is 0 Å². The van der Waals surface area contributed by atoms with Crippen LogP contribution < -0.4 is 0 Å². The van der Waals surface area contributed by atoms with Crippen LogP contribution in [0.1, 0.15) is 12.8 Å². The zero-order chi connectivity index (χ0) is 9.47. The van der Waals surface area contributed by atoms with Crippen LogP contribution >= 0.6 is 0 Å². The Hall–Kier alpha value is -0.220. The molecular formula is C9H16F2N2. The lowest BCUT2D eigenvalue weighted by Crippen LogP contribution is -2.36. The predicted molar refractivity (Wildman–Crippen MR) is 47.0 cm³/mol. The molecule has 0 radical (unpaired) electrons. The predicted octanol–water partition coefficient (Wildman–Crippen LogP) is 1.03. The molecule has 2 fully saturated rings. The molecule has 0 aromatic rings. The SMILES string of the molecule is CN1CC[C@@H](N2CCC(F)(F)C2)C1. The largest absolute Gasteiger partial charge is 0.305 e. The van der Waals surface area contributed by atoms with E-state index in [1.54, 1.807) is 0 Å². The molecule has 2 nitrogen and oxygen atoms in total. The Balaban J connectivity index is 1.89. The van der Waals surface area contributed by atoms with E-state index in [1.807, 2.05) is 11.9 Å². The second-order valence-corrected chi connectivity index (χ2v) is 4.28. The van der Waals surface area contributed by atoms with Crippen LogP contribution in [-0.4, -0.2) is 55.0 Å². The molecule has 4 heteroatoms. The summed E-state index contributed by atoms with van der Waals surface area (Å²) in [6.45, 7) is 2.56. The Morgan fingerprint density at radius 1 is 1.31 bits per heavy atom. The Labute approximate surface area is 77.5 Å². The van der Waals surface area contributed by atoms with Gasteiger partial charge in [-0.25, -0.2) is 8.78 Å². The number of rotatable bonds is 1. The quantitative estimate of drug-likeness (QED) is 0.609. The van der Waals surface area contributed by atoms with Gasteiger partial charge in [-0.15, -0.1) is 0 Å². The molecule has 2 saturated heterocycles. The standard InChI is InChI=1S/C9H16F2N2/c1-12-4-2-8(6-12)13-5-3-9(10,11)7-13/h8H,2-7H2,1H3/t8-/m1/s1. The third-order valence-electron chi connectivity index (χ3n) is 3.08. The highest BCUT2D eigenvalue weighted by atomic mass is 19.3. The van der Waals surface area contributed by atoms with Crippen molar-refractivity contribution >= 4 is 0 Å². The van der Waals surface area contributed by atoms with Crippen molar-refractivity contribution in [2.24, 2.45) is 0 Å². The number of alkyl halides is 2. The van der Waals surface area contributed by atoms with Gasteiger partial charge < -0.3 is 4.90 Å². The summed E-state index contributed by atoms with van der Waals surface area (Å²) in [5.41, 5.74) is 0. The van der Waals surface area contributed by atoms with Gasteiger partial charge in [0.15, 0.2) is 0 Å². The van der Waals surface area contributed by atoms with Gasteiger partial charge in [0.1, 0.15) is 0 Å². The van der Waals surface area contributed by atoms with Gasteiger partial charge in [0, 0.05) is 25.6 Å². The molecule has 0 aliphatic carbocycles. The van der Waals surface area contributed by atoms with Crippen molar-refractivity contribution in [3.8, 4) is 0 Å². The van der Waals surface area contributed by atoms with Gasteiger partial charge in [-0.2, -0.15) is 0 Å². The molecule has 0 aromatic heterocycles. The number of likely N-dealkylation sites (tertiary alicyclic amines) is 2. The first kappa shape index (κ1) is 9.34. The number of hydrogen-bond acceptors (Lipinski definition) is 2. The maximum absolute atomic E-state index is 12.9. The van der Waals surface area contributed by atoms with Gasteiger partial charge >= 0.3 is 0 Å². The second-order valence-electron chi connectivity index (χ2n) is 4.28. The molecule has 0 bridgehead atoms. The zero-order valence-electron chi connectivity index (χ0n) is 7.97. The van der Waals surface area contributed by atoms with Gasteiger partial charge in [0.05, 0.1) is 6.54 Å². The van der Waals surface area contributed by atoms with E-state index in [9.17, 15) is 8.78 Å². The van der Waals surface area contributed by atoms with Crippen LogP contribution in [0.4, 0.5) is 8.78 Å². The van der Waals surface area contributed by atoms with Gasteiger partial charge in [-0.3, -0.25) is 4.90 Å². The maximum atomic E-state index is 12.9. The first-order chi connectivity index (χ1) is 6.07. The zero-order valence-corrected chi connectivity index (χ0v) is 7.97. The molecule has 0 unspecified atom stereocenters. The van der Waals surface area contributed by atoms with E-state index >= 15 is 0 Å². The molecule has 0 saturated carbocycles. The third kappa shape index (κ3) is 1.99. The van der Waals surface area contributed by atoms with Gasteiger partial charge in [-0.05, 0) is 20.0 Å². The summed E-state index contributed by atoms with van der Waals surface area (Å²) >= 11 is 0. The van der Waals surface area contributed by atoms with Crippen LogP contribution in [-0.2, 0) is 0 Å². The molecule has 2 aliphatic heterocycles. The summed E-state index contributed by atoms with van der Waals surface area (Å²) in [5, 5.41) is 0. The van der Waals surface area contributed by atoms with Crippen LogP contribution in [0.3, 0.4) is 0 Å². The van der Waals surface area contributed by atoms with E-state index in [1.165, 1.54) is 0 Å². The van der Waals surface area contributed by atoms with Crippen molar-refractivity contribution < 1.29 is 8.78 Å². The lowest BCUT2D eigenvalue weighted by molar-refractivity contribution is 0.00814. The molecule has 0 amide bonds. The summed E-state index contributed by atoms with van der Waals surface area (Å²) < 4.78 is 25.8. The highest BCUT2D eigenvalue weighted by molar-refractivity contribution is 4.90. The van der Waals surface area contributed by atoms with Crippen molar-refractivity contribution in [3.05, 3.63) is 0 Å². The van der Waals surface area contributed by atoms with Gasteiger partial charge in [0.25, 0.3) is 5.92 Å². The van der Waals surface area contributed by atoms with E-state index in [0.717, 1.165) is 19.5 Å². The van der Waals surface area contributed by atoms with Crippen LogP contribution in [0, 0.1) is 0 Å². The molecule has 76 valence electrons. The summed E-state index contributed by atoms with van der Waals surface area (Å²) in [6.07, 6.45) is 1.10. The van der Waals surface area contributed by atoms with Crippen LogP contribution in [0.2, 0.25) is 0 Å². The molecule has 2 aliphatic rings. The van der Waals surface area contributed by atoms with Crippen molar-refractivity contribution in [3.63, 3.8) is 0 Å². The summed E-state index contributed by atoms with van der Waals surface area (Å²) in [6, 6.07) is 0.373. The van der Waals surface area contributed by atoms with Crippen molar-refractivity contribution in [1.29, 1.82) is 0 Å². The Bertz CT molecular complexity index is 196.